The van der Waals surface area contributed by atoms with Crippen molar-refractivity contribution >= 4 is 24.0 Å². The molecule has 0 saturated carbocycles. The SMILES string of the molecule is CCC(C)C(C(=O)NC(Cc1ccccc1)C(O)CN(Cc1ccc(-c2ccccn2)cc1)NC(=O)OC1CCOC1=O)N1CCN(Cc2cccc(C)n2)C1=O. The molecule has 5 atom stereocenters. The molecule has 0 spiro atoms. The first kappa shape index (κ1) is 40.8. The zero-order valence-corrected chi connectivity index (χ0v) is 32.6. The van der Waals surface area contributed by atoms with Crippen LogP contribution >= 0.6 is 0 Å². The van der Waals surface area contributed by atoms with Gasteiger partial charge in [0.15, 0.2) is 0 Å². The van der Waals surface area contributed by atoms with Gasteiger partial charge in [-0.25, -0.2) is 19.4 Å². The van der Waals surface area contributed by atoms with Gasteiger partial charge in [0.2, 0.25) is 12.0 Å². The number of esters is 1. The third kappa shape index (κ3) is 10.9. The molecular formula is C43H51N7O7. The summed E-state index contributed by atoms with van der Waals surface area (Å²) in [5.74, 6) is -1.18. The van der Waals surface area contributed by atoms with E-state index >= 15 is 0 Å². The van der Waals surface area contributed by atoms with Crippen molar-refractivity contribution in [3.8, 4) is 11.3 Å². The lowest BCUT2D eigenvalue weighted by Crippen LogP contribution is -2.58. The maximum absolute atomic E-state index is 14.4. The summed E-state index contributed by atoms with van der Waals surface area (Å²) in [6.45, 7) is 7.16. The highest BCUT2D eigenvalue weighted by molar-refractivity contribution is 5.88. The number of aromatic nitrogens is 2. The molecule has 3 N–H and O–H groups in total. The van der Waals surface area contributed by atoms with Crippen LogP contribution in [0.5, 0.6) is 0 Å². The Morgan fingerprint density at radius 2 is 1.75 bits per heavy atom. The van der Waals surface area contributed by atoms with E-state index < -0.39 is 36.4 Å². The van der Waals surface area contributed by atoms with E-state index in [-0.39, 0.29) is 50.4 Å². The van der Waals surface area contributed by atoms with Crippen LogP contribution in [0.4, 0.5) is 9.59 Å². The molecule has 300 valence electrons. The van der Waals surface area contributed by atoms with Crippen molar-refractivity contribution in [1.29, 1.82) is 0 Å². The third-order valence-electron chi connectivity index (χ3n) is 10.4. The number of ether oxygens (including phenoxy) is 2. The number of cyclic esters (lactones) is 1. The minimum absolute atomic E-state index is 0.127. The van der Waals surface area contributed by atoms with Crippen molar-refractivity contribution in [3.63, 3.8) is 0 Å². The average Bonchev–Trinajstić information content (AvgIpc) is 3.78. The highest BCUT2D eigenvalue weighted by Gasteiger charge is 2.41. The molecular weight excluding hydrogens is 727 g/mol. The second-order valence-electron chi connectivity index (χ2n) is 14.6. The molecule has 0 bridgehead atoms. The van der Waals surface area contributed by atoms with Gasteiger partial charge in [-0.05, 0) is 54.7 Å². The second kappa shape index (κ2) is 19.3. The summed E-state index contributed by atoms with van der Waals surface area (Å²) in [5, 5.41) is 16.6. The highest BCUT2D eigenvalue weighted by atomic mass is 16.6. The van der Waals surface area contributed by atoms with E-state index in [0.29, 0.717) is 26.1 Å². The molecule has 4 heterocycles. The molecule has 2 aliphatic rings. The zero-order chi connectivity index (χ0) is 40.3. The van der Waals surface area contributed by atoms with Crippen LogP contribution in [-0.4, -0.2) is 104 Å². The Bertz CT molecular complexity index is 1970. The molecule has 57 heavy (non-hydrogen) atoms. The Morgan fingerprint density at radius 3 is 2.44 bits per heavy atom. The van der Waals surface area contributed by atoms with Gasteiger partial charge in [0.1, 0.15) is 6.04 Å². The molecule has 6 rings (SSSR count). The maximum atomic E-state index is 14.4. The van der Waals surface area contributed by atoms with Crippen molar-refractivity contribution in [3.05, 3.63) is 120 Å². The van der Waals surface area contributed by atoms with E-state index in [2.05, 4.69) is 20.7 Å². The number of nitrogens with zero attached hydrogens (tertiary/aromatic N) is 5. The summed E-state index contributed by atoms with van der Waals surface area (Å²) in [4.78, 5) is 65.8. The normalized spacial score (nSPS) is 17.5. The van der Waals surface area contributed by atoms with Crippen molar-refractivity contribution < 1.29 is 33.8 Å². The van der Waals surface area contributed by atoms with Gasteiger partial charge in [-0.1, -0.05) is 87.0 Å². The summed E-state index contributed by atoms with van der Waals surface area (Å²) in [6, 6.07) is 26.6. The lowest BCUT2D eigenvalue weighted by Gasteiger charge is -2.35. The number of hydrogen-bond acceptors (Lipinski definition) is 10. The van der Waals surface area contributed by atoms with E-state index in [0.717, 1.165) is 33.8 Å². The summed E-state index contributed by atoms with van der Waals surface area (Å²) in [7, 11) is 0. The summed E-state index contributed by atoms with van der Waals surface area (Å²) in [6.07, 6.45) is -0.253. The van der Waals surface area contributed by atoms with Crippen LogP contribution < -0.4 is 10.7 Å². The fraction of sp³-hybridized carbons (Fsp3) is 0.395. The first-order chi connectivity index (χ1) is 27.6. The number of nitrogens with one attached hydrogen (secondary N) is 2. The fourth-order valence-electron chi connectivity index (χ4n) is 7.15. The number of aliphatic hydroxyl groups is 1. The lowest BCUT2D eigenvalue weighted by atomic mass is 9.95. The Kier molecular flexibility index (Phi) is 13.8. The van der Waals surface area contributed by atoms with Gasteiger partial charge >= 0.3 is 18.1 Å². The predicted octanol–water partition coefficient (Wildman–Crippen LogP) is 4.65. The summed E-state index contributed by atoms with van der Waals surface area (Å²) >= 11 is 0. The van der Waals surface area contributed by atoms with Crippen LogP contribution in [0.3, 0.4) is 0 Å². The number of amides is 4. The van der Waals surface area contributed by atoms with Gasteiger partial charge in [0, 0.05) is 50.1 Å². The zero-order valence-electron chi connectivity index (χ0n) is 32.6. The Hall–Kier alpha value is -5.86. The van der Waals surface area contributed by atoms with Crippen LogP contribution in [0, 0.1) is 12.8 Å². The number of aliphatic hydroxyl groups excluding tert-OH is 1. The number of hydrogen-bond donors (Lipinski definition) is 3. The van der Waals surface area contributed by atoms with E-state index in [1.165, 1.54) is 5.01 Å². The molecule has 2 aliphatic heterocycles. The van der Waals surface area contributed by atoms with Crippen LogP contribution in [0.2, 0.25) is 0 Å². The smallest absolute Gasteiger partial charge is 0.422 e. The van der Waals surface area contributed by atoms with E-state index in [9.17, 15) is 24.3 Å². The van der Waals surface area contributed by atoms with Gasteiger partial charge in [-0.15, -0.1) is 0 Å². The molecule has 4 amide bonds. The van der Waals surface area contributed by atoms with Gasteiger partial charge in [0.25, 0.3) is 0 Å². The largest absolute Gasteiger partial charge is 0.463 e. The van der Waals surface area contributed by atoms with Gasteiger partial charge < -0.3 is 29.7 Å². The van der Waals surface area contributed by atoms with Crippen molar-refractivity contribution in [2.75, 3.05) is 26.2 Å². The average molecular weight is 778 g/mol. The topological polar surface area (TPSA) is 167 Å². The minimum Gasteiger partial charge on any atom is -0.463 e. The van der Waals surface area contributed by atoms with Crippen LogP contribution in [0.25, 0.3) is 11.3 Å². The van der Waals surface area contributed by atoms with Gasteiger partial charge in [-0.3, -0.25) is 20.2 Å². The minimum atomic E-state index is -1.21. The molecule has 2 aromatic heterocycles. The summed E-state index contributed by atoms with van der Waals surface area (Å²) in [5.41, 5.74) is 7.74. The maximum Gasteiger partial charge on any atom is 0.422 e. The predicted molar refractivity (Wildman–Crippen MR) is 212 cm³/mol. The van der Waals surface area contributed by atoms with Crippen LogP contribution in [0.1, 0.15) is 49.2 Å². The van der Waals surface area contributed by atoms with Gasteiger partial charge in [-0.2, -0.15) is 0 Å². The third-order valence-corrected chi connectivity index (χ3v) is 10.4. The molecule has 0 radical (unpaired) electrons. The number of benzene rings is 2. The van der Waals surface area contributed by atoms with E-state index in [1.807, 2.05) is 112 Å². The highest BCUT2D eigenvalue weighted by Crippen LogP contribution is 2.24. The monoisotopic (exact) mass is 777 g/mol. The van der Waals surface area contributed by atoms with Crippen molar-refractivity contribution in [2.24, 2.45) is 5.92 Å². The molecule has 0 aliphatic carbocycles. The second-order valence-corrected chi connectivity index (χ2v) is 14.6. The number of pyridine rings is 2. The number of urea groups is 1. The number of hydrazine groups is 1. The Balaban J connectivity index is 1.21. The fourth-order valence-corrected chi connectivity index (χ4v) is 7.15. The van der Waals surface area contributed by atoms with Crippen molar-refractivity contribution in [2.45, 2.75) is 77.4 Å². The molecule has 2 saturated heterocycles. The number of aryl methyl sites for hydroxylation is 1. The van der Waals surface area contributed by atoms with E-state index in [4.69, 9.17) is 9.47 Å². The molecule has 14 heteroatoms. The molecule has 4 aromatic rings. The standard InChI is InChI=1S/C43H51N7O7/c1-4-29(2)39(50-23-22-48(43(50)55)27-34-14-10-11-30(3)45-34)40(52)46-36(25-31-12-6-5-7-13-31)37(51)28-49(47-42(54)57-38-20-24-56-41(38)53)26-32-16-18-33(19-17-32)35-15-8-9-21-44-35/h5-19,21,29,36-39,51H,4,20,22-28H2,1-3H3,(H,46,52)(H,47,54). The lowest BCUT2D eigenvalue weighted by molar-refractivity contribution is -0.144. The quantitative estimate of drug-likeness (QED) is 0.102. The molecule has 2 aromatic carbocycles. The molecule has 5 unspecified atom stereocenters. The Labute approximate surface area is 333 Å². The first-order valence-corrected chi connectivity index (χ1v) is 19.5. The first-order valence-electron chi connectivity index (χ1n) is 19.5. The number of carbonyl (C=O) groups is 4. The van der Waals surface area contributed by atoms with Gasteiger partial charge in [0.05, 0.1) is 36.7 Å². The van der Waals surface area contributed by atoms with Crippen molar-refractivity contribution in [1.82, 2.24) is 35.5 Å². The molecule has 2 fully saturated rings. The number of rotatable bonds is 17. The van der Waals surface area contributed by atoms with Crippen LogP contribution in [-0.2, 0) is 38.6 Å². The Morgan fingerprint density at radius 1 is 0.982 bits per heavy atom. The summed E-state index contributed by atoms with van der Waals surface area (Å²) < 4.78 is 10.3. The van der Waals surface area contributed by atoms with Crippen LogP contribution in [0.15, 0.2) is 97.2 Å². The molecule has 14 nitrogen and oxygen atoms in total. The van der Waals surface area contributed by atoms with E-state index in [1.54, 1.807) is 16.0 Å². The number of carbonyl (C=O) groups excluding carboxylic acids is 4.